The maximum atomic E-state index is 13.3. The van der Waals surface area contributed by atoms with Gasteiger partial charge in [0.1, 0.15) is 5.82 Å². The van der Waals surface area contributed by atoms with Gasteiger partial charge in [-0.3, -0.25) is 0 Å². The molecule has 1 atom stereocenters. The van der Waals surface area contributed by atoms with E-state index in [0.717, 1.165) is 24.0 Å². The van der Waals surface area contributed by atoms with E-state index in [0.29, 0.717) is 30.5 Å². The van der Waals surface area contributed by atoms with Crippen molar-refractivity contribution in [1.82, 2.24) is 15.0 Å². The molecule has 1 aliphatic rings. The molecule has 1 unspecified atom stereocenters. The van der Waals surface area contributed by atoms with Gasteiger partial charge in [-0.2, -0.15) is 4.98 Å². The predicted molar refractivity (Wildman–Crippen MR) is 103 cm³/mol. The van der Waals surface area contributed by atoms with Crippen LogP contribution in [-0.4, -0.2) is 34.2 Å². The molecule has 6 nitrogen and oxygen atoms in total. The number of hydrogen-bond acceptors (Lipinski definition) is 4. The summed E-state index contributed by atoms with van der Waals surface area (Å²) in [6.45, 7) is 3.13. The topological polar surface area (TPSA) is 71.3 Å². The summed E-state index contributed by atoms with van der Waals surface area (Å²) in [6, 6.07) is 13.5. The molecule has 2 aromatic carbocycles. The van der Waals surface area contributed by atoms with Gasteiger partial charge in [-0.1, -0.05) is 35.0 Å². The number of hydrogen-bond donors (Lipinski definition) is 1. The molecule has 0 aliphatic carbocycles. The number of carbonyl (C=O) groups is 1. The summed E-state index contributed by atoms with van der Waals surface area (Å²) in [7, 11) is 0. The SMILES string of the molecule is Cc1cccc(-c2noc(C3CCCN(C(=O)Nc4cccc(F)c4)C3)n2)c1. The number of benzene rings is 2. The smallest absolute Gasteiger partial charge is 0.321 e. The minimum Gasteiger partial charge on any atom is -0.339 e. The quantitative estimate of drug-likeness (QED) is 0.721. The fourth-order valence-corrected chi connectivity index (χ4v) is 3.43. The third kappa shape index (κ3) is 4.03. The Hall–Kier alpha value is -3.22. The Bertz CT molecular complexity index is 988. The second-order valence-corrected chi connectivity index (χ2v) is 7.05. The number of piperidine rings is 1. The molecule has 0 saturated carbocycles. The van der Waals surface area contributed by atoms with Crippen LogP contribution in [0, 0.1) is 12.7 Å². The van der Waals surface area contributed by atoms with Gasteiger partial charge < -0.3 is 14.7 Å². The van der Waals surface area contributed by atoms with Gasteiger partial charge in [0.05, 0.1) is 5.92 Å². The number of anilines is 1. The molecule has 1 N–H and O–H groups in total. The third-order valence-electron chi connectivity index (χ3n) is 4.85. The van der Waals surface area contributed by atoms with E-state index in [2.05, 4.69) is 15.5 Å². The lowest BCUT2D eigenvalue weighted by Gasteiger charge is -2.31. The molecular formula is C21H21FN4O2. The molecule has 144 valence electrons. The van der Waals surface area contributed by atoms with Crippen LogP contribution < -0.4 is 5.32 Å². The molecule has 2 amide bonds. The van der Waals surface area contributed by atoms with Gasteiger partial charge in [0, 0.05) is 24.3 Å². The average Bonchev–Trinajstić information content (AvgIpc) is 3.18. The molecule has 1 saturated heterocycles. The number of nitrogens with zero attached hydrogens (tertiary/aromatic N) is 3. The second-order valence-electron chi connectivity index (χ2n) is 7.05. The first-order chi connectivity index (χ1) is 13.6. The van der Waals surface area contributed by atoms with Crippen molar-refractivity contribution in [1.29, 1.82) is 0 Å². The van der Waals surface area contributed by atoms with Crippen molar-refractivity contribution >= 4 is 11.7 Å². The van der Waals surface area contributed by atoms with E-state index in [1.807, 2.05) is 31.2 Å². The van der Waals surface area contributed by atoms with Crippen LogP contribution in [0.4, 0.5) is 14.9 Å². The monoisotopic (exact) mass is 380 g/mol. The van der Waals surface area contributed by atoms with Crippen molar-refractivity contribution in [3.05, 3.63) is 65.8 Å². The molecule has 1 fully saturated rings. The molecule has 0 spiro atoms. The van der Waals surface area contributed by atoms with E-state index < -0.39 is 0 Å². The Kier molecular flexibility index (Phi) is 5.06. The van der Waals surface area contributed by atoms with Crippen molar-refractivity contribution in [3.8, 4) is 11.4 Å². The van der Waals surface area contributed by atoms with Gasteiger partial charge in [-0.15, -0.1) is 0 Å². The number of aromatic nitrogens is 2. The van der Waals surface area contributed by atoms with Gasteiger partial charge in [0.2, 0.25) is 11.7 Å². The highest BCUT2D eigenvalue weighted by Crippen LogP contribution is 2.28. The van der Waals surface area contributed by atoms with Crippen LogP contribution in [0.5, 0.6) is 0 Å². The number of likely N-dealkylation sites (tertiary alicyclic amines) is 1. The van der Waals surface area contributed by atoms with Crippen molar-refractivity contribution in [2.75, 3.05) is 18.4 Å². The number of rotatable bonds is 3. The zero-order chi connectivity index (χ0) is 19.5. The van der Waals surface area contributed by atoms with Crippen LogP contribution in [-0.2, 0) is 0 Å². The lowest BCUT2D eigenvalue weighted by molar-refractivity contribution is 0.184. The highest BCUT2D eigenvalue weighted by molar-refractivity contribution is 5.89. The molecule has 7 heteroatoms. The first-order valence-electron chi connectivity index (χ1n) is 9.30. The van der Waals surface area contributed by atoms with Crippen molar-refractivity contribution in [3.63, 3.8) is 0 Å². The van der Waals surface area contributed by atoms with Crippen LogP contribution in [0.25, 0.3) is 11.4 Å². The zero-order valence-electron chi connectivity index (χ0n) is 15.6. The molecule has 1 aliphatic heterocycles. The summed E-state index contributed by atoms with van der Waals surface area (Å²) >= 11 is 0. The van der Waals surface area contributed by atoms with Crippen LogP contribution >= 0.6 is 0 Å². The average molecular weight is 380 g/mol. The molecule has 1 aromatic heterocycles. The number of urea groups is 1. The summed E-state index contributed by atoms with van der Waals surface area (Å²) < 4.78 is 18.8. The lowest BCUT2D eigenvalue weighted by atomic mass is 9.98. The van der Waals surface area contributed by atoms with Crippen LogP contribution in [0.1, 0.15) is 30.2 Å². The fraction of sp³-hybridized carbons (Fsp3) is 0.286. The highest BCUT2D eigenvalue weighted by atomic mass is 19.1. The fourth-order valence-electron chi connectivity index (χ4n) is 3.43. The Morgan fingerprint density at radius 1 is 1.25 bits per heavy atom. The van der Waals surface area contributed by atoms with E-state index in [-0.39, 0.29) is 17.8 Å². The maximum Gasteiger partial charge on any atom is 0.321 e. The Morgan fingerprint density at radius 3 is 2.93 bits per heavy atom. The summed E-state index contributed by atoms with van der Waals surface area (Å²) in [5, 5.41) is 6.85. The van der Waals surface area contributed by atoms with Gasteiger partial charge in [-0.05, 0) is 44.0 Å². The van der Waals surface area contributed by atoms with E-state index in [4.69, 9.17) is 4.52 Å². The minimum absolute atomic E-state index is 0.0157. The van der Waals surface area contributed by atoms with Gasteiger partial charge in [0.25, 0.3) is 0 Å². The maximum absolute atomic E-state index is 13.3. The van der Waals surface area contributed by atoms with Crippen molar-refractivity contribution in [2.24, 2.45) is 0 Å². The van der Waals surface area contributed by atoms with Crippen LogP contribution in [0.15, 0.2) is 53.1 Å². The van der Waals surface area contributed by atoms with E-state index >= 15 is 0 Å². The lowest BCUT2D eigenvalue weighted by Crippen LogP contribution is -2.41. The number of nitrogens with one attached hydrogen (secondary N) is 1. The van der Waals surface area contributed by atoms with E-state index in [1.54, 1.807) is 17.0 Å². The standard InChI is InChI=1S/C21H21FN4O2/c1-14-5-2-6-15(11-14)19-24-20(28-25-19)16-7-4-10-26(13-16)21(27)23-18-9-3-8-17(22)12-18/h2-3,5-6,8-9,11-12,16H,4,7,10,13H2,1H3,(H,23,27). The van der Waals surface area contributed by atoms with Gasteiger partial charge in [0.15, 0.2) is 0 Å². The minimum atomic E-state index is -0.385. The van der Waals surface area contributed by atoms with Gasteiger partial charge in [-0.25, -0.2) is 9.18 Å². The molecule has 2 heterocycles. The van der Waals surface area contributed by atoms with Crippen LogP contribution in [0.2, 0.25) is 0 Å². The number of carbonyl (C=O) groups excluding carboxylic acids is 1. The summed E-state index contributed by atoms with van der Waals surface area (Å²) in [5.41, 5.74) is 2.47. The van der Waals surface area contributed by atoms with Crippen molar-refractivity contribution < 1.29 is 13.7 Å². The first kappa shape index (κ1) is 18.2. The largest absolute Gasteiger partial charge is 0.339 e. The highest BCUT2D eigenvalue weighted by Gasteiger charge is 2.28. The molecular weight excluding hydrogens is 359 g/mol. The Morgan fingerprint density at radius 2 is 2.11 bits per heavy atom. The van der Waals surface area contributed by atoms with E-state index in [9.17, 15) is 9.18 Å². The number of aryl methyl sites for hydroxylation is 1. The Balaban J connectivity index is 1.44. The van der Waals surface area contributed by atoms with Crippen molar-refractivity contribution in [2.45, 2.75) is 25.7 Å². The zero-order valence-corrected chi connectivity index (χ0v) is 15.6. The van der Waals surface area contributed by atoms with Crippen LogP contribution in [0.3, 0.4) is 0 Å². The van der Waals surface area contributed by atoms with Gasteiger partial charge >= 0.3 is 6.03 Å². The molecule has 0 bridgehead atoms. The first-order valence-corrected chi connectivity index (χ1v) is 9.30. The summed E-state index contributed by atoms with van der Waals surface area (Å²) in [5.74, 6) is 0.696. The molecule has 28 heavy (non-hydrogen) atoms. The number of halogens is 1. The predicted octanol–water partition coefficient (Wildman–Crippen LogP) is 4.60. The normalized spacial score (nSPS) is 16.8. The molecule has 3 aromatic rings. The third-order valence-corrected chi connectivity index (χ3v) is 4.85. The molecule has 0 radical (unpaired) electrons. The summed E-state index contributed by atoms with van der Waals surface area (Å²) in [4.78, 5) is 18.8. The number of amides is 2. The molecule has 4 rings (SSSR count). The summed E-state index contributed by atoms with van der Waals surface area (Å²) in [6.07, 6.45) is 1.71. The second kappa shape index (κ2) is 7.80. The Labute approximate surface area is 162 Å². The van der Waals surface area contributed by atoms with E-state index in [1.165, 1.54) is 12.1 Å².